The molecular formula is C12H19Cl2N3O2. The van der Waals surface area contributed by atoms with E-state index in [1.54, 1.807) is 13.2 Å². The summed E-state index contributed by atoms with van der Waals surface area (Å²) in [6.07, 6.45) is 0. The summed E-state index contributed by atoms with van der Waals surface area (Å²) < 4.78 is 5.05. The van der Waals surface area contributed by atoms with Crippen LogP contribution in [-0.2, 0) is 4.74 Å². The second-order valence-corrected chi connectivity index (χ2v) is 4.67. The van der Waals surface area contributed by atoms with Gasteiger partial charge in [0.2, 0.25) is 0 Å². The number of hydrogen-bond acceptors (Lipinski definition) is 5. The van der Waals surface area contributed by atoms with Crippen LogP contribution in [0.25, 0.3) is 0 Å². The molecule has 0 bridgehead atoms. The first-order valence-corrected chi connectivity index (χ1v) is 6.84. The third-order valence-electron chi connectivity index (χ3n) is 2.49. The lowest BCUT2D eigenvalue weighted by atomic mass is 10.3. The Balaban J connectivity index is 3.02. The molecule has 19 heavy (non-hydrogen) atoms. The van der Waals surface area contributed by atoms with Gasteiger partial charge in [-0.1, -0.05) is 23.2 Å². The van der Waals surface area contributed by atoms with Gasteiger partial charge in [0.15, 0.2) is 0 Å². The second kappa shape index (κ2) is 8.43. The topological polar surface area (TPSA) is 57.6 Å². The van der Waals surface area contributed by atoms with E-state index < -0.39 is 0 Å². The van der Waals surface area contributed by atoms with Crippen molar-refractivity contribution in [1.82, 2.24) is 4.98 Å². The number of halogens is 2. The molecule has 1 aromatic heterocycles. The number of aliphatic hydroxyl groups excluding tert-OH is 1. The molecule has 108 valence electrons. The van der Waals surface area contributed by atoms with Crippen LogP contribution in [0.4, 0.5) is 11.6 Å². The van der Waals surface area contributed by atoms with Gasteiger partial charge < -0.3 is 20.1 Å². The molecule has 0 atom stereocenters. The zero-order valence-corrected chi connectivity index (χ0v) is 12.6. The van der Waals surface area contributed by atoms with E-state index in [2.05, 4.69) is 10.3 Å². The highest BCUT2D eigenvalue weighted by atomic mass is 35.5. The Kier molecular flexibility index (Phi) is 7.23. The summed E-state index contributed by atoms with van der Waals surface area (Å²) in [6, 6.07) is 1.65. The van der Waals surface area contributed by atoms with E-state index in [9.17, 15) is 0 Å². The molecule has 0 unspecified atom stereocenters. The highest BCUT2D eigenvalue weighted by molar-refractivity contribution is 6.37. The lowest BCUT2D eigenvalue weighted by Gasteiger charge is -2.24. The minimum Gasteiger partial charge on any atom is -0.395 e. The molecule has 0 aliphatic carbocycles. The Bertz CT molecular complexity index is 405. The Morgan fingerprint density at radius 2 is 2.11 bits per heavy atom. The first kappa shape index (κ1) is 16.3. The first-order chi connectivity index (χ1) is 9.13. The van der Waals surface area contributed by atoms with Gasteiger partial charge in [-0.05, 0) is 13.0 Å². The molecule has 5 nitrogen and oxygen atoms in total. The van der Waals surface area contributed by atoms with Crippen molar-refractivity contribution in [2.75, 3.05) is 50.2 Å². The molecule has 1 rings (SSSR count). The fourth-order valence-electron chi connectivity index (χ4n) is 1.62. The van der Waals surface area contributed by atoms with Crippen LogP contribution < -0.4 is 10.2 Å². The summed E-state index contributed by atoms with van der Waals surface area (Å²) >= 11 is 12.2. The Morgan fingerprint density at radius 3 is 2.68 bits per heavy atom. The molecule has 1 aromatic rings. The van der Waals surface area contributed by atoms with Gasteiger partial charge in [0.05, 0.1) is 23.3 Å². The lowest BCUT2D eigenvalue weighted by Crippen LogP contribution is -2.31. The van der Waals surface area contributed by atoms with E-state index in [-0.39, 0.29) is 6.61 Å². The number of rotatable bonds is 8. The summed E-state index contributed by atoms with van der Waals surface area (Å²) in [5.41, 5.74) is 0. The van der Waals surface area contributed by atoms with Crippen LogP contribution in [-0.4, -0.2) is 50.0 Å². The fourth-order valence-corrected chi connectivity index (χ4v) is 2.16. The summed E-state index contributed by atoms with van der Waals surface area (Å²) in [7, 11) is 1.62. The molecule has 0 saturated heterocycles. The average molecular weight is 308 g/mol. The summed E-state index contributed by atoms with van der Waals surface area (Å²) in [5, 5.41) is 13.1. The van der Waals surface area contributed by atoms with Crippen molar-refractivity contribution in [2.45, 2.75) is 6.92 Å². The molecule has 0 amide bonds. The number of pyridine rings is 1. The van der Waals surface area contributed by atoms with Crippen LogP contribution in [0.3, 0.4) is 0 Å². The SMILES string of the molecule is CCNc1nc(N(CCO)CCOC)c(Cl)cc1Cl. The Morgan fingerprint density at radius 1 is 1.37 bits per heavy atom. The molecule has 1 heterocycles. The maximum Gasteiger partial charge on any atom is 0.150 e. The predicted octanol–water partition coefficient (Wildman–Crippen LogP) is 2.27. The number of anilines is 2. The molecule has 0 radical (unpaired) electrons. The molecule has 2 N–H and O–H groups in total. The van der Waals surface area contributed by atoms with Gasteiger partial charge in [0.1, 0.15) is 11.6 Å². The molecule has 0 fully saturated rings. The van der Waals surface area contributed by atoms with Gasteiger partial charge in [0.25, 0.3) is 0 Å². The average Bonchev–Trinajstić information content (AvgIpc) is 2.38. The van der Waals surface area contributed by atoms with E-state index in [0.29, 0.717) is 47.9 Å². The van der Waals surface area contributed by atoms with Crippen molar-refractivity contribution in [2.24, 2.45) is 0 Å². The number of ether oxygens (including phenoxy) is 1. The largest absolute Gasteiger partial charge is 0.395 e. The number of nitrogens with zero attached hydrogens (tertiary/aromatic N) is 2. The van der Waals surface area contributed by atoms with Crippen molar-refractivity contribution in [1.29, 1.82) is 0 Å². The van der Waals surface area contributed by atoms with E-state index in [4.69, 9.17) is 33.0 Å². The van der Waals surface area contributed by atoms with Crippen molar-refractivity contribution < 1.29 is 9.84 Å². The quantitative estimate of drug-likeness (QED) is 0.771. The van der Waals surface area contributed by atoms with Gasteiger partial charge in [-0.3, -0.25) is 0 Å². The second-order valence-electron chi connectivity index (χ2n) is 3.86. The van der Waals surface area contributed by atoms with Gasteiger partial charge in [-0.2, -0.15) is 0 Å². The number of nitrogens with one attached hydrogen (secondary N) is 1. The number of methoxy groups -OCH3 is 1. The van der Waals surface area contributed by atoms with Crippen LogP contribution in [0.1, 0.15) is 6.92 Å². The summed E-state index contributed by atoms with van der Waals surface area (Å²) in [6.45, 7) is 4.24. The van der Waals surface area contributed by atoms with Crippen LogP contribution >= 0.6 is 23.2 Å². The van der Waals surface area contributed by atoms with Crippen molar-refractivity contribution in [3.05, 3.63) is 16.1 Å². The van der Waals surface area contributed by atoms with Gasteiger partial charge in [-0.25, -0.2) is 4.98 Å². The highest BCUT2D eigenvalue weighted by Crippen LogP contribution is 2.31. The third kappa shape index (κ3) is 4.69. The van der Waals surface area contributed by atoms with Crippen LogP contribution in [0, 0.1) is 0 Å². The normalized spacial score (nSPS) is 10.6. The summed E-state index contributed by atoms with van der Waals surface area (Å²) in [4.78, 5) is 6.28. The Hall–Kier alpha value is -0.750. The van der Waals surface area contributed by atoms with Gasteiger partial charge in [-0.15, -0.1) is 0 Å². The molecular weight excluding hydrogens is 289 g/mol. The highest BCUT2D eigenvalue weighted by Gasteiger charge is 2.15. The smallest absolute Gasteiger partial charge is 0.150 e. The molecule has 0 aliphatic rings. The summed E-state index contributed by atoms with van der Waals surface area (Å²) in [5.74, 6) is 1.18. The molecule has 7 heteroatoms. The van der Waals surface area contributed by atoms with Gasteiger partial charge >= 0.3 is 0 Å². The monoisotopic (exact) mass is 307 g/mol. The van der Waals surface area contributed by atoms with E-state index in [1.165, 1.54) is 0 Å². The maximum absolute atomic E-state index is 9.12. The third-order valence-corrected chi connectivity index (χ3v) is 3.06. The maximum atomic E-state index is 9.12. The number of hydrogen-bond donors (Lipinski definition) is 2. The predicted molar refractivity (Wildman–Crippen MR) is 79.6 cm³/mol. The van der Waals surface area contributed by atoms with Crippen LogP contribution in [0.5, 0.6) is 0 Å². The van der Waals surface area contributed by atoms with Gasteiger partial charge in [0, 0.05) is 26.7 Å². The number of aliphatic hydroxyl groups is 1. The lowest BCUT2D eigenvalue weighted by molar-refractivity contribution is 0.202. The molecule has 0 saturated carbocycles. The fraction of sp³-hybridized carbons (Fsp3) is 0.583. The molecule has 0 aromatic carbocycles. The zero-order valence-electron chi connectivity index (χ0n) is 11.1. The number of aromatic nitrogens is 1. The Labute approximate surface area is 123 Å². The van der Waals surface area contributed by atoms with Crippen molar-refractivity contribution in [3.8, 4) is 0 Å². The standard InChI is InChI=1S/C12H19Cl2N3O2/c1-3-15-11-9(13)8-10(14)12(16-11)17(4-6-18)5-7-19-2/h8,18H,3-7H2,1-2H3,(H,15,16). The van der Waals surface area contributed by atoms with Crippen molar-refractivity contribution in [3.63, 3.8) is 0 Å². The first-order valence-electron chi connectivity index (χ1n) is 6.08. The van der Waals surface area contributed by atoms with Crippen molar-refractivity contribution >= 4 is 34.8 Å². The van der Waals surface area contributed by atoms with Crippen LogP contribution in [0.15, 0.2) is 6.07 Å². The minimum atomic E-state index is 0.0148. The molecule has 0 aliphatic heterocycles. The van der Waals surface area contributed by atoms with Crippen LogP contribution in [0.2, 0.25) is 10.0 Å². The van der Waals surface area contributed by atoms with E-state index in [1.807, 2.05) is 11.8 Å². The van der Waals surface area contributed by atoms with E-state index in [0.717, 1.165) is 0 Å². The molecule has 0 spiro atoms. The minimum absolute atomic E-state index is 0.0148. The van der Waals surface area contributed by atoms with E-state index >= 15 is 0 Å². The zero-order chi connectivity index (χ0) is 14.3.